The van der Waals surface area contributed by atoms with Gasteiger partial charge in [0.2, 0.25) is 26.6 Å². The van der Waals surface area contributed by atoms with Crippen molar-refractivity contribution in [3.05, 3.63) is 47.3 Å². The van der Waals surface area contributed by atoms with Crippen molar-refractivity contribution in [2.45, 2.75) is 35.8 Å². The second-order valence-corrected chi connectivity index (χ2v) is 9.28. The Morgan fingerprint density at radius 1 is 1.26 bits per heavy atom. The molecule has 1 atom stereocenters. The molecular weight excluding hydrogens is 384 g/mol. The summed E-state index contributed by atoms with van der Waals surface area (Å²) in [5, 5.41) is 4.90. The molecule has 1 unspecified atom stereocenters. The molecule has 0 spiro atoms. The molecule has 1 fully saturated rings. The van der Waals surface area contributed by atoms with Gasteiger partial charge in [-0.25, -0.2) is 8.42 Å². The normalized spacial score (nSPS) is 17.3. The van der Waals surface area contributed by atoms with E-state index in [4.69, 9.17) is 9.15 Å². The lowest BCUT2D eigenvalue weighted by Gasteiger charge is -2.10. The predicted octanol–water partition coefficient (Wildman–Crippen LogP) is 4.14. The molecule has 3 aromatic rings. The number of rotatable bonds is 6. The Labute approximate surface area is 162 Å². The molecule has 1 N–H and O–H groups in total. The third-order valence-electron chi connectivity index (χ3n) is 4.43. The van der Waals surface area contributed by atoms with E-state index >= 15 is 0 Å². The van der Waals surface area contributed by atoms with Gasteiger partial charge in [0.05, 0.1) is 15.9 Å². The highest BCUT2D eigenvalue weighted by Gasteiger charge is 2.29. The van der Waals surface area contributed by atoms with Crippen LogP contribution in [0.1, 0.15) is 18.4 Å². The number of ether oxygens (including phenoxy) is 1. The van der Waals surface area contributed by atoms with Gasteiger partial charge in [-0.2, -0.15) is 4.98 Å². The zero-order valence-electron chi connectivity index (χ0n) is 14.8. The van der Waals surface area contributed by atoms with E-state index in [1.54, 1.807) is 24.3 Å². The molecule has 0 bridgehead atoms. The van der Waals surface area contributed by atoms with Crippen LogP contribution in [0.25, 0.3) is 10.8 Å². The van der Waals surface area contributed by atoms with Crippen molar-refractivity contribution in [3.8, 4) is 10.8 Å². The van der Waals surface area contributed by atoms with Gasteiger partial charge in [-0.3, -0.25) is 0 Å². The number of hydrogen-bond donors (Lipinski definition) is 1. The largest absolute Gasteiger partial charge is 0.418 e. The van der Waals surface area contributed by atoms with Crippen LogP contribution in [-0.4, -0.2) is 32.7 Å². The summed E-state index contributed by atoms with van der Waals surface area (Å²) in [7, 11) is -3.81. The maximum atomic E-state index is 13.2. The van der Waals surface area contributed by atoms with Gasteiger partial charge in [-0.1, -0.05) is 23.8 Å². The second-order valence-electron chi connectivity index (χ2n) is 6.46. The van der Waals surface area contributed by atoms with Gasteiger partial charge in [-0.05, 0) is 43.3 Å². The predicted molar refractivity (Wildman–Crippen MR) is 104 cm³/mol. The molecule has 3 heterocycles. The van der Waals surface area contributed by atoms with Crippen LogP contribution >= 0.6 is 11.3 Å². The maximum absolute atomic E-state index is 13.2. The molecule has 2 aromatic heterocycles. The van der Waals surface area contributed by atoms with Gasteiger partial charge in [0.15, 0.2) is 0 Å². The van der Waals surface area contributed by atoms with E-state index < -0.39 is 9.84 Å². The molecule has 0 amide bonds. The number of aryl methyl sites for hydroxylation is 1. The molecule has 1 aromatic carbocycles. The molecule has 0 aliphatic carbocycles. The molecule has 1 aliphatic heterocycles. The number of oxazole rings is 1. The van der Waals surface area contributed by atoms with Crippen molar-refractivity contribution >= 4 is 27.1 Å². The van der Waals surface area contributed by atoms with E-state index in [0.717, 1.165) is 29.9 Å². The number of sulfone groups is 1. The average molecular weight is 405 g/mol. The summed E-state index contributed by atoms with van der Waals surface area (Å²) in [4.78, 5) is 5.29. The van der Waals surface area contributed by atoms with Crippen LogP contribution in [-0.2, 0) is 14.6 Å². The Bertz CT molecular complexity index is 1000. The van der Waals surface area contributed by atoms with Gasteiger partial charge in [0, 0.05) is 13.2 Å². The number of nitrogens with one attached hydrogen (secondary N) is 1. The van der Waals surface area contributed by atoms with Gasteiger partial charge in [0.25, 0.3) is 0 Å². The third kappa shape index (κ3) is 3.78. The lowest BCUT2D eigenvalue weighted by Crippen LogP contribution is -2.19. The molecule has 1 aliphatic rings. The van der Waals surface area contributed by atoms with Crippen molar-refractivity contribution in [3.63, 3.8) is 0 Å². The minimum atomic E-state index is -3.81. The van der Waals surface area contributed by atoms with Crippen LogP contribution in [0.15, 0.2) is 56.1 Å². The monoisotopic (exact) mass is 404 g/mol. The molecule has 1 saturated heterocycles. The highest BCUT2D eigenvalue weighted by molar-refractivity contribution is 7.91. The summed E-state index contributed by atoms with van der Waals surface area (Å²) in [6.07, 6.45) is 2.01. The minimum Gasteiger partial charge on any atom is -0.418 e. The Hall–Kier alpha value is -2.16. The van der Waals surface area contributed by atoms with E-state index in [9.17, 15) is 8.42 Å². The lowest BCUT2D eigenvalue weighted by molar-refractivity contribution is 0.120. The number of aromatic nitrogens is 1. The zero-order chi connectivity index (χ0) is 18.9. The number of anilines is 1. The summed E-state index contributed by atoms with van der Waals surface area (Å²) < 4.78 is 37.7. The molecule has 142 valence electrons. The Balaban J connectivity index is 1.71. The van der Waals surface area contributed by atoms with Crippen LogP contribution < -0.4 is 5.32 Å². The SMILES string of the molecule is Cc1ccc(S(=O)(=O)c2nc(-c3cccs3)oc2NCC2CCCO2)cc1. The van der Waals surface area contributed by atoms with Crippen LogP contribution in [0.5, 0.6) is 0 Å². The fourth-order valence-electron chi connectivity index (χ4n) is 2.95. The molecule has 6 nitrogen and oxygen atoms in total. The van der Waals surface area contributed by atoms with Crippen molar-refractivity contribution in [2.24, 2.45) is 0 Å². The maximum Gasteiger partial charge on any atom is 0.240 e. The van der Waals surface area contributed by atoms with Gasteiger partial charge in [-0.15, -0.1) is 11.3 Å². The van der Waals surface area contributed by atoms with Gasteiger partial charge < -0.3 is 14.5 Å². The van der Waals surface area contributed by atoms with Crippen LogP contribution in [0.2, 0.25) is 0 Å². The van der Waals surface area contributed by atoms with Crippen LogP contribution in [0.3, 0.4) is 0 Å². The van der Waals surface area contributed by atoms with Crippen molar-refractivity contribution < 1.29 is 17.6 Å². The fourth-order valence-corrected chi connectivity index (χ4v) is 4.87. The van der Waals surface area contributed by atoms with Gasteiger partial charge >= 0.3 is 0 Å². The topological polar surface area (TPSA) is 81.4 Å². The average Bonchev–Trinajstić information content (AvgIpc) is 3.40. The van der Waals surface area contributed by atoms with Crippen molar-refractivity contribution in [1.29, 1.82) is 0 Å². The number of nitrogens with zero attached hydrogens (tertiary/aromatic N) is 1. The molecule has 0 saturated carbocycles. The van der Waals surface area contributed by atoms with Crippen molar-refractivity contribution in [1.82, 2.24) is 4.98 Å². The number of benzene rings is 1. The van der Waals surface area contributed by atoms with E-state index in [1.165, 1.54) is 11.3 Å². The first-order valence-corrected chi connectivity index (χ1v) is 11.1. The standard InChI is InChI=1S/C19H20N2O4S2/c1-13-6-8-15(9-7-13)27(22,23)19-18(20-12-14-4-2-10-24-14)25-17(21-19)16-5-3-11-26-16/h3,5-9,11,14,20H,2,4,10,12H2,1H3. The van der Waals surface area contributed by atoms with Crippen molar-refractivity contribution in [2.75, 3.05) is 18.5 Å². The highest BCUT2D eigenvalue weighted by atomic mass is 32.2. The van der Waals surface area contributed by atoms with E-state index in [1.807, 2.05) is 24.4 Å². The zero-order valence-corrected chi connectivity index (χ0v) is 16.5. The fraction of sp³-hybridized carbons (Fsp3) is 0.316. The first-order valence-electron chi connectivity index (χ1n) is 8.76. The minimum absolute atomic E-state index is 0.0511. The number of hydrogen-bond acceptors (Lipinski definition) is 7. The summed E-state index contributed by atoms with van der Waals surface area (Å²) in [5.74, 6) is 0.458. The summed E-state index contributed by atoms with van der Waals surface area (Å²) >= 11 is 1.45. The van der Waals surface area contributed by atoms with Crippen LogP contribution in [0.4, 0.5) is 5.88 Å². The summed E-state index contributed by atoms with van der Waals surface area (Å²) in [5.41, 5.74) is 0.991. The highest BCUT2D eigenvalue weighted by Crippen LogP contribution is 2.34. The van der Waals surface area contributed by atoms with E-state index in [2.05, 4.69) is 10.3 Å². The molecule has 8 heteroatoms. The Morgan fingerprint density at radius 3 is 2.74 bits per heavy atom. The van der Waals surface area contributed by atoms with E-state index in [-0.39, 0.29) is 21.9 Å². The third-order valence-corrected chi connectivity index (χ3v) is 6.96. The quantitative estimate of drug-likeness (QED) is 0.665. The molecular formula is C19H20N2O4S2. The first kappa shape index (κ1) is 18.2. The lowest BCUT2D eigenvalue weighted by atomic mass is 10.2. The Morgan fingerprint density at radius 2 is 2.07 bits per heavy atom. The Kier molecular flexibility index (Phi) is 5.03. The smallest absolute Gasteiger partial charge is 0.240 e. The molecule has 4 rings (SSSR count). The molecule has 0 radical (unpaired) electrons. The number of thiophene rings is 1. The second kappa shape index (κ2) is 7.46. The summed E-state index contributed by atoms with van der Waals surface area (Å²) in [6.45, 7) is 3.13. The summed E-state index contributed by atoms with van der Waals surface area (Å²) in [6, 6.07) is 10.4. The van der Waals surface area contributed by atoms with Gasteiger partial charge in [0.1, 0.15) is 0 Å². The first-order chi connectivity index (χ1) is 13.0. The van der Waals surface area contributed by atoms with Crippen LogP contribution in [0, 0.1) is 6.92 Å². The van der Waals surface area contributed by atoms with E-state index in [0.29, 0.717) is 12.4 Å². The molecule has 27 heavy (non-hydrogen) atoms.